The molecule has 3 aliphatic rings. The summed E-state index contributed by atoms with van der Waals surface area (Å²) in [4.78, 5) is 40.9. The fourth-order valence-electron chi connectivity index (χ4n) is 6.01. The maximum absolute atomic E-state index is 13.5. The van der Waals surface area contributed by atoms with E-state index in [1.54, 1.807) is 18.2 Å². The lowest BCUT2D eigenvalue weighted by Crippen LogP contribution is -2.43. The summed E-state index contributed by atoms with van der Waals surface area (Å²) in [5.41, 5.74) is 1.88. The van der Waals surface area contributed by atoms with E-state index in [4.69, 9.17) is 0 Å². The number of carboxylic acid groups (broad SMARTS) is 1. The number of nitrogens with zero attached hydrogens (tertiary/aromatic N) is 1. The zero-order chi connectivity index (χ0) is 23.1. The number of hydrogen-bond acceptors (Lipinski definition) is 3. The van der Waals surface area contributed by atoms with E-state index in [1.165, 1.54) is 6.42 Å². The third kappa shape index (κ3) is 4.00. The second kappa shape index (κ2) is 8.81. The lowest BCUT2D eigenvalue weighted by atomic mass is 9.83. The van der Waals surface area contributed by atoms with Crippen molar-refractivity contribution in [3.8, 4) is 0 Å². The number of rotatable bonds is 4. The summed E-state index contributed by atoms with van der Waals surface area (Å²) in [6.45, 7) is 2.73. The first-order chi connectivity index (χ1) is 15.9. The van der Waals surface area contributed by atoms with Gasteiger partial charge in [0, 0.05) is 40.5 Å². The fourth-order valence-corrected chi connectivity index (χ4v) is 6.01. The summed E-state index contributed by atoms with van der Waals surface area (Å²) in [6, 6.07) is 7.13. The van der Waals surface area contributed by atoms with E-state index in [0.717, 1.165) is 56.9 Å². The second-order valence-corrected chi connectivity index (χ2v) is 10.1. The van der Waals surface area contributed by atoms with Crippen molar-refractivity contribution >= 4 is 28.6 Å². The van der Waals surface area contributed by atoms with E-state index in [0.29, 0.717) is 34.4 Å². The van der Waals surface area contributed by atoms with E-state index in [9.17, 15) is 19.5 Å². The SMILES string of the molecule is CC1CCC(N2Cc3ccc(C(=O)O)c4c(C(=O)NC5CCCCC5)ccc(c34)C2=O)CC1. The monoisotopic (exact) mass is 448 g/mol. The molecule has 1 aliphatic heterocycles. The number of carbonyl (C=O) groups is 3. The Labute approximate surface area is 194 Å². The van der Waals surface area contributed by atoms with Crippen molar-refractivity contribution in [3.05, 3.63) is 46.5 Å². The van der Waals surface area contributed by atoms with Crippen LogP contribution in [0, 0.1) is 5.92 Å². The van der Waals surface area contributed by atoms with Gasteiger partial charge in [-0.15, -0.1) is 0 Å². The highest BCUT2D eigenvalue weighted by Gasteiger charge is 2.35. The Morgan fingerprint density at radius 3 is 2.30 bits per heavy atom. The van der Waals surface area contributed by atoms with Crippen LogP contribution < -0.4 is 5.32 Å². The van der Waals surface area contributed by atoms with Crippen LogP contribution in [0.25, 0.3) is 10.8 Å². The molecule has 0 spiro atoms. The van der Waals surface area contributed by atoms with Crippen molar-refractivity contribution in [1.82, 2.24) is 10.2 Å². The molecule has 33 heavy (non-hydrogen) atoms. The number of carboxylic acids is 1. The summed E-state index contributed by atoms with van der Waals surface area (Å²) in [5.74, 6) is -0.681. The van der Waals surface area contributed by atoms with Crippen molar-refractivity contribution in [1.29, 1.82) is 0 Å². The molecule has 174 valence electrons. The lowest BCUT2D eigenvalue weighted by molar-refractivity contribution is 0.0584. The van der Waals surface area contributed by atoms with Gasteiger partial charge in [0.15, 0.2) is 0 Å². The number of nitrogens with one attached hydrogen (secondary N) is 1. The third-order valence-electron chi connectivity index (χ3n) is 7.92. The van der Waals surface area contributed by atoms with Gasteiger partial charge in [-0.3, -0.25) is 9.59 Å². The van der Waals surface area contributed by atoms with E-state index in [2.05, 4.69) is 12.2 Å². The zero-order valence-corrected chi connectivity index (χ0v) is 19.2. The minimum Gasteiger partial charge on any atom is -0.478 e. The van der Waals surface area contributed by atoms with Crippen LogP contribution in [-0.4, -0.2) is 39.9 Å². The molecule has 0 unspecified atom stereocenters. The van der Waals surface area contributed by atoms with Gasteiger partial charge in [-0.05, 0) is 68.2 Å². The minimum absolute atomic E-state index is 0.0474. The largest absolute Gasteiger partial charge is 0.478 e. The Balaban J connectivity index is 1.55. The van der Waals surface area contributed by atoms with E-state index in [-0.39, 0.29) is 29.5 Å². The lowest BCUT2D eigenvalue weighted by Gasteiger charge is -2.39. The van der Waals surface area contributed by atoms with E-state index < -0.39 is 5.97 Å². The van der Waals surface area contributed by atoms with Gasteiger partial charge in [0.1, 0.15) is 0 Å². The first-order valence-corrected chi connectivity index (χ1v) is 12.4. The van der Waals surface area contributed by atoms with Gasteiger partial charge in [0.2, 0.25) is 0 Å². The number of amides is 2. The smallest absolute Gasteiger partial charge is 0.336 e. The molecule has 0 aromatic heterocycles. The van der Waals surface area contributed by atoms with Crippen LogP contribution in [-0.2, 0) is 6.54 Å². The quantitative estimate of drug-likeness (QED) is 0.678. The molecule has 0 saturated heterocycles. The fraction of sp³-hybridized carbons (Fsp3) is 0.519. The Hall–Kier alpha value is -2.89. The predicted octanol–water partition coefficient (Wildman–Crippen LogP) is 5.14. The number of aromatic carboxylic acids is 1. The van der Waals surface area contributed by atoms with Crippen LogP contribution in [0.1, 0.15) is 101 Å². The van der Waals surface area contributed by atoms with Gasteiger partial charge in [-0.2, -0.15) is 0 Å². The molecule has 2 N–H and O–H groups in total. The average molecular weight is 449 g/mol. The molecular weight excluding hydrogens is 416 g/mol. The van der Waals surface area contributed by atoms with E-state index >= 15 is 0 Å². The molecule has 6 heteroatoms. The Bertz CT molecular complexity index is 1110. The van der Waals surface area contributed by atoms with Crippen molar-refractivity contribution in [3.63, 3.8) is 0 Å². The molecule has 6 nitrogen and oxygen atoms in total. The van der Waals surface area contributed by atoms with Gasteiger partial charge in [-0.1, -0.05) is 32.3 Å². The molecule has 2 aromatic rings. The van der Waals surface area contributed by atoms with Crippen LogP contribution in [0.5, 0.6) is 0 Å². The van der Waals surface area contributed by atoms with Crippen LogP contribution in [0.15, 0.2) is 24.3 Å². The number of benzene rings is 2. The number of carbonyl (C=O) groups excluding carboxylic acids is 2. The molecule has 2 fully saturated rings. The van der Waals surface area contributed by atoms with Crippen LogP contribution in [0.2, 0.25) is 0 Å². The molecule has 2 aliphatic carbocycles. The van der Waals surface area contributed by atoms with Crippen molar-refractivity contribution in [2.45, 2.75) is 83.3 Å². The zero-order valence-electron chi connectivity index (χ0n) is 19.2. The van der Waals surface area contributed by atoms with Crippen molar-refractivity contribution in [2.75, 3.05) is 0 Å². The maximum atomic E-state index is 13.5. The predicted molar refractivity (Wildman–Crippen MR) is 127 cm³/mol. The third-order valence-corrected chi connectivity index (χ3v) is 7.92. The molecule has 1 heterocycles. The van der Waals surface area contributed by atoms with E-state index in [1.807, 2.05) is 11.0 Å². The standard InChI is InChI=1S/C27H32N2O4/c1-16-7-10-19(11-8-16)29-15-17-9-12-22(27(32)33)24-20(13-14-21(23(17)24)26(29)31)25(30)28-18-5-3-2-4-6-18/h9,12-14,16,18-19H,2-8,10-11,15H2,1H3,(H,28,30)(H,32,33). The molecular formula is C27H32N2O4. The van der Waals surface area contributed by atoms with Gasteiger partial charge in [-0.25, -0.2) is 4.79 Å². The Morgan fingerprint density at radius 2 is 1.61 bits per heavy atom. The highest BCUT2D eigenvalue weighted by molar-refractivity contribution is 6.20. The molecule has 2 amide bonds. The summed E-state index contributed by atoms with van der Waals surface area (Å²) in [5, 5.41) is 14.1. The normalized spacial score (nSPS) is 23.5. The Kier molecular flexibility index (Phi) is 5.85. The molecule has 5 rings (SSSR count). The van der Waals surface area contributed by atoms with Crippen LogP contribution >= 0.6 is 0 Å². The molecule has 0 radical (unpaired) electrons. The average Bonchev–Trinajstić information content (AvgIpc) is 2.82. The molecule has 2 aromatic carbocycles. The maximum Gasteiger partial charge on any atom is 0.336 e. The van der Waals surface area contributed by atoms with Gasteiger partial charge in [0.05, 0.1) is 5.56 Å². The summed E-state index contributed by atoms with van der Waals surface area (Å²) in [7, 11) is 0. The van der Waals surface area contributed by atoms with Crippen LogP contribution in [0.3, 0.4) is 0 Å². The summed E-state index contributed by atoms with van der Waals surface area (Å²) in [6.07, 6.45) is 9.53. The highest BCUT2D eigenvalue weighted by Crippen LogP contribution is 2.38. The molecule has 0 bridgehead atoms. The van der Waals surface area contributed by atoms with Gasteiger partial charge < -0.3 is 15.3 Å². The van der Waals surface area contributed by atoms with Crippen LogP contribution in [0.4, 0.5) is 0 Å². The van der Waals surface area contributed by atoms with Gasteiger partial charge >= 0.3 is 5.97 Å². The first-order valence-electron chi connectivity index (χ1n) is 12.4. The highest BCUT2D eigenvalue weighted by atomic mass is 16.4. The van der Waals surface area contributed by atoms with Gasteiger partial charge in [0.25, 0.3) is 11.8 Å². The first kappa shape index (κ1) is 21.9. The number of hydrogen-bond donors (Lipinski definition) is 2. The molecule has 2 saturated carbocycles. The topological polar surface area (TPSA) is 86.7 Å². The molecule has 0 atom stereocenters. The van der Waals surface area contributed by atoms with Crippen molar-refractivity contribution in [2.24, 2.45) is 5.92 Å². The second-order valence-electron chi connectivity index (χ2n) is 10.1. The minimum atomic E-state index is -1.08. The summed E-state index contributed by atoms with van der Waals surface area (Å²) >= 11 is 0. The Morgan fingerprint density at radius 1 is 0.909 bits per heavy atom. The summed E-state index contributed by atoms with van der Waals surface area (Å²) < 4.78 is 0. The van der Waals surface area contributed by atoms with Crippen molar-refractivity contribution < 1.29 is 19.5 Å².